The molecule has 0 aliphatic carbocycles. The van der Waals surface area contributed by atoms with E-state index in [1.807, 2.05) is 6.92 Å². The molecule has 1 aliphatic heterocycles. The quantitative estimate of drug-likeness (QED) is 0.439. The summed E-state index contributed by atoms with van der Waals surface area (Å²) in [6.07, 6.45) is -1.04. The van der Waals surface area contributed by atoms with Crippen LogP contribution >= 0.6 is 0 Å². The number of ether oxygens (including phenoxy) is 4. The van der Waals surface area contributed by atoms with Gasteiger partial charge in [0.15, 0.2) is 6.10 Å². The Bertz CT molecular complexity index is 1330. The standard InChI is InChI=1S/C26H28N2O7S/c1-18-7-12-23-24(15-18)35-25(17-28(23)36(30,31)22-10-8-19(32-2)9-11-22)26(29)27-13-14-34-21-6-4-5-20(16-21)33-3/h4-12,15-16,25H,13-14,17H2,1-3H3,(H,27,29)/t25-/m1/s1. The van der Waals surface area contributed by atoms with Gasteiger partial charge < -0.3 is 24.3 Å². The normalized spacial score (nSPS) is 14.9. The first kappa shape index (κ1) is 25.2. The maximum Gasteiger partial charge on any atom is 0.264 e. The summed E-state index contributed by atoms with van der Waals surface area (Å²) in [6, 6.07) is 18.5. The topological polar surface area (TPSA) is 103 Å². The van der Waals surface area contributed by atoms with Crippen LogP contribution in [0.15, 0.2) is 71.6 Å². The molecule has 3 aromatic rings. The fraction of sp³-hybridized carbons (Fsp3) is 0.269. The van der Waals surface area contributed by atoms with Gasteiger partial charge in [0.25, 0.3) is 15.9 Å². The summed E-state index contributed by atoms with van der Waals surface area (Å²) in [6.45, 7) is 2.12. The Morgan fingerprint density at radius 2 is 1.72 bits per heavy atom. The van der Waals surface area contributed by atoms with Crippen LogP contribution in [0.25, 0.3) is 0 Å². The molecule has 3 aromatic carbocycles. The third-order valence-electron chi connectivity index (χ3n) is 5.64. The molecule has 0 saturated carbocycles. The molecule has 0 bridgehead atoms. The molecule has 1 heterocycles. The first-order chi connectivity index (χ1) is 17.3. The van der Waals surface area contributed by atoms with Crippen molar-refractivity contribution >= 4 is 21.6 Å². The number of hydrogen-bond acceptors (Lipinski definition) is 7. The van der Waals surface area contributed by atoms with Crippen LogP contribution < -0.4 is 28.6 Å². The van der Waals surface area contributed by atoms with Gasteiger partial charge in [0, 0.05) is 6.07 Å². The highest BCUT2D eigenvalue weighted by Crippen LogP contribution is 2.38. The van der Waals surface area contributed by atoms with E-state index in [0.29, 0.717) is 28.7 Å². The predicted octanol–water partition coefficient (Wildman–Crippen LogP) is 3.16. The maximum atomic E-state index is 13.5. The maximum absolute atomic E-state index is 13.5. The van der Waals surface area contributed by atoms with E-state index in [4.69, 9.17) is 18.9 Å². The fourth-order valence-corrected chi connectivity index (χ4v) is 5.22. The Morgan fingerprint density at radius 3 is 2.44 bits per heavy atom. The lowest BCUT2D eigenvalue weighted by molar-refractivity contribution is -0.127. The Morgan fingerprint density at radius 1 is 1.00 bits per heavy atom. The third kappa shape index (κ3) is 5.49. The number of sulfonamides is 1. The SMILES string of the molecule is COc1ccc(S(=O)(=O)N2C[C@H](C(=O)NCCOc3cccc(OC)c3)Oc3cc(C)ccc32)cc1. The van der Waals surface area contributed by atoms with Crippen LogP contribution in [0.3, 0.4) is 0 Å². The Balaban J connectivity index is 1.48. The molecule has 0 spiro atoms. The summed E-state index contributed by atoms with van der Waals surface area (Å²) in [5.41, 5.74) is 1.25. The van der Waals surface area contributed by atoms with Gasteiger partial charge in [-0.25, -0.2) is 8.42 Å². The van der Waals surface area contributed by atoms with E-state index >= 15 is 0 Å². The number of anilines is 1. The van der Waals surface area contributed by atoms with Crippen molar-refractivity contribution in [3.63, 3.8) is 0 Å². The number of methoxy groups -OCH3 is 2. The zero-order valence-electron chi connectivity index (χ0n) is 20.3. The average molecular weight is 513 g/mol. The lowest BCUT2D eigenvalue weighted by atomic mass is 10.1. The first-order valence-electron chi connectivity index (χ1n) is 11.3. The summed E-state index contributed by atoms with van der Waals surface area (Å²) in [7, 11) is -0.887. The molecule has 0 radical (unpaired) electrons. The second-order valence-electron chi connectivity index (χ2n) is 8.11. The van der Waals surface area contributed by atoms with Crippen LogP contribution in [0.1, 0.15) is 5.56 Å². The van der Waals surface area contributed by atoms with Crippen molar-refractivity contribution in [1.82, 2.24) is 5.32 Å². The number of rotatable bonds is 9. The van der Waals surface area contributed by atoms with Gasteiger partial charge in [0.1, 0.15) is 29.6 Å². The molecule has 10 heteroatoms. The van der Waals surface area contributed by atoms with Crippen LogP contribution in [0.4, 0.5) is 5.69 Å². The molecule has 1 aliphatic rings. The van der Waals surface area contributed by atoms with Crippen molar-refractivity contribution in [2.45, 2.75) is 17.9 Å². The van der Waals surface area contributed by atoms with Crippen molar-refractivity contribution in [2.24, 2.45) is 0 Å². The highest BCUT2D eigenvalue weighted by atomic mass is 32.2. The lowest BCUT2D eigenvalue weighted by Crippen LogP contribution is -2.51. The van der Waals surface area contributed by atoms with Crippen molar-refractivity contribution in [3.05, 3.63) is 72.3 Å². The van der Waals surface area contributed by atoms with Gasteiger partial charge in [-0.05, 0) is 61.0 Å². The zero-order valence-corrected chi connectivity index (χ0v) is 21.1. The molecule has 9 nitrogen and oxygen atoms in total. The van der Waals surface area contributed by atoms with Gasteiger partial charge in [-0.2, -0.15) is 0 Å². The van der Waals surface area contributed by atoms with Crippen molar-refractivity contribution < 1.29 is 32.2 Å². The first-order valence-corrected chi connectivity index (χ1v) is 12.7. The predicted molar refractivity (Wildman–Crippen MR) is 135 cm³/mol. The van der Waals surface area contributed by atoms with E-state index in [1.54, 1.807) is 61.7 Å². The summed E-state index contributed by atoms with van der Waals surface area (Å²) >= 11 is 0. The number of hydrogen-bond donors (Lipinski definition) is 1. The van der Waals surface area contributed by atoms with E-state index in [-0.39, 0.29) is 24.6 Å². The van der Waals surface area contributed by atoms with Crippen molar-refractivity contribution in [1.29, 1.82) is 0 Å². The van der Waals surface area contributed by atoms with Gasteiger partial charge in [0.05, 0.1) is 37.9 Å². The summed E-state index contributed by atoms with van der Waals surface area (Å²) in [5, 5.41) is 2.77. The molecule has 0 unspecified atom stereocenters. The van der Waals surface area contributed by atoms with E-state index < -0.39 is 22.0 Å². The van der Waals surface area contributed by atoms with Gasteiger partial charge >= 0.3 is 0 Å². The lowest BCUT2D eigenvalue weighted by Gasteiger charge is -2.35. The van der Waals surface area contributed by atoms with Gasteiger partial charge in [0.2, 0.25) is 0 Å². The summed E-state index contributed by atoms with van der Waals surface area (Å²) in [4.78, 5) is 13.0. The van der Waals surface area contributed by atoms with Crippen LogP contribution in [0.5, 0.6) is 23.0 Å². The minimum atomic E-state index is -3.97. The Hall–Kier alpha value is -3.92. The molecule has 0 fully saturated rings. The van der Waals surface area contributed by atoms with Gasteiger partial charge in [-0.3, -0.25) is 9.10 Å². The summed E-state index contributed by atoms with van der Waals surface area (Å²) < 4.78 is 50.2. The highest BCUT2D eigenvalue weighted by molar-refractivity contribution is 7.92. The number of aryl methyl sites for hydroxylation is 1. The number of amides is 1. The Labute approximate surface area is 210 Å². The molecule has 0 aromatic heterocycles. The molecule has 1 N–H and O–H groups in total. The smallest absolute Gasteiger partial charge is 0.264 e. The minimum Gasteiger partial charge on any atom is -0.497 e. The monoisotopic (exact) mass is 512 g/mol. The third-order valence-corrected chi connectivity index (χ3v) is 7.43. The van der Waals surface area contributed by atoms with Crippen LogP contribution in [0.2, 0.25) is 0 Å². The van der Waals surface area contributed by atoms with E-state index in [2.05, 4.69) is 5.32 Å². The van der Waals surface area contributed by atoms with Crippen molar-refractivity contribution in [3.8, 4) is 23.0 Å². The van der Waals surface area contributed by atoms with E-state index in [0.717, 1.165) is 5.56 Å². The molecular weight excluding hydrogens is 484 g/mol. The second kappa shape index (κ2) is 10.8. The number of nitrogens with zero attached hydrogens (tertiary/aromatic N) is 1. The van der Waals surface area contributed by atoms with E-state index in [1.165, 1.54) is 23.5 Å². The highest BCUT2D eigenvalue weighted by Gasteiger charge is 2.37. The average Bonchev–Trinajstić information content (AvgIpc) is 2.90. The second-order valence-corrected chi connectivity index (χ2v) is 9.97. The van der Waals surface area contributed by atoms with E-state index in [9.17, 15) is 13.2 Å². The number of fused-ring (bicyclic) bond motifs is 1. The Kier molecular flexibility index (Phi) is 7.54. The molecule has 36 heavy (non-hydrogen) atoms. The number of nitrogens with one attached hydrogen (secondary N) is 1. The zero-order chi connectivity index (χ0) is 25.7. The summed E-state index contributed by atoms with van der Waals surface area (Å²) in [5.74, 6) is 1.70. The molecule has 1 amide bonds. The molecule has 190 valence electrons. The van der Waals surface area contributed by atoms with Crippen LogP contribution in [0, 0.1) is 6.92 Å². The molecular formula is C26H28N2O7S. The molecule has 4 rings (SSSR count). The number of benzene rings is 3. The minimum absolute atomic E-state index is 0.0857. The van der Waals surface area contributed by atoms with Crippen LogP contribution in [-0.4, -0.2) is 54.3 Å². The van der Waals surface area contributed by atoms with Gasteiger partial charge in [-0.1, -0.05) is 12.1 Å². The number of carbonyl (C=O) groups excluding carboxylic acids is 1. The van der Waals surface area contributed by atoms with Crippen molar-refractivity contribution in [2.75, 3.05) is 38.2 Å². The largest absolute Gasteiger partial charge is 0.497 e. The van der Waals surface area contributed by atoms with Crippen LogP contribution in [-0.2, 0) is 14.8 Å². The van der Waals surface area contributed by atoms with Gasteiger partial charge in [-0.15, -0.1) is 0 Å². The molecule has 0 saturated heterocycles. The fourth-order valence-electron chi connectivity index (χ4n) is 3.75. The molecule has 1 atom stereocenters. The number of carbonyl (C=O) groups is 1.